The molecule has 2 N–H and O–H groups in total. The van der Waals surface area contributed by atoms with Crippen molar-refractivity contribution in [1.29, 1.82) is 0 Å². The Morgan fingerprint density at radius 1 is 1.50 bits per heavy atom. The van der Waals surface area contributed by atoms with Crippen molar-refractivity contribution < 1.29 is 14.4 Å². The molecule has 1 unspecified atom stereocenters. The van der Waals surface area contributed by atoms with Gasteiger partial charge in [-0.25, -0.2) is 0 Å². The maximum Gasteiger partial charge on any atom is 0.252 e. The van der Waals surface area contributed by atoms with Gasteiger partial charge in [-0.2, -0.15) is 0 Å². The molecule has 1 saturated heterocycles. The second kappa shape index (κ2) is 5.07. The van der Waals surface area contributed by atoms with Crippen molar-refractivity contribution in [3.63, 3.8) is 0 Å². The Kier molecular flexibility index (Phi) is 4.00. The Hall–Kier alpha value is -1.43. The van der Waals surface area contributed by atoms with Crippen molar-refractivity contribution in [3.05, 3.63) is 0 Å². The molecule has 1 heterocycles. The van der Waals surface area contributed by atoms with Gasteiger partial charge in [-0.05, 0) is 20.9 Å². The van der Waals surface area contributed by atoms with Crippen LogP contribution < -0.4 is 10.6 Å². The average Bonchev–Trinajstić information content (AvgIpc) is 2.42. The van der Waals surface area contributed by atoms with E-state index in [2.05, 4.69) is 10.6 Å². The number of amides is 3. The van der Waals surface area contributed by atoms with Crippen molar-refractivity contribution in [2.24, 2.45) is 0 Å². The normalized spacial score (nSPS) is 20.8. The third-order valence-corrected chi connectivity index (χ3v) is 2.37. The highest BCUT2D eigenvalue weighted by Gasteiger charge is 2.40. The smallest absolute Gasteiger partial charge is 0.252 e. The summed E-state index contributed by atoms with van der Waals surface area (Å²) in [5, 5.41) is 5.21. The molecule has 1 aliphatic rings. The minimum absolute atomic E-state index is 0.0620. The van der Waals surface area contributed by atoms with E-state index in [4.69, 9.17) is 0 Å². The molecular formula is C10H17N3O3. The van der Waals surface area contributed by atoms with E-state index < -0.39 is 6.04 Å². The molecule has 6 heteroatoms. The van der Waals surface area contributed by atoms with Gasteiger partial charge >= 0.3 is 0 Å². The lowest BCUT2D eigenvalue weighted by molar-refractivity contribution is -0.141. The quantitative estimate of drug-likeness (QED) is 0.595. The van der Waals surface area contributed by atoms with E-state index in [1.165, 1.54) is 4.90 Å². The number of hydrogen-bond donors (Lipinski definition) is 2. The van der Waals surface area contributed by atoms with Crippen molar-refractivity contribution in [2.45, 2.75) is 32.4 Å². The summed E-state index contributed by atoms with van der Waals surface area (Å²) in [4.78, 5) is 35.8. The van der Waals surface area contributed by atoms with Gasteiger partial charge in [0.15, 0.2) is 0 Å². The lowest BCUT2D eigenvalue weighted by atomic mass is 10.2. The van der Waals surface area contributed by atoms with E-state index in [-0.39, 0.29) is 36.7 Å². The number of nitrogens with one attached hydrogen (secondary N) is 2. The summed E-state index contributed by atoms with van der Waals surface area (Å²) in [6, 6.07) is -0.859. The molecule has 6 nitrogen and oxygen atoms in total. The highest BCUT2D eigenvalue weighted by Crippen LogP contribution is 2.15. The molecule has 0 aromatic rings. The minimum Gasteiger partial charge on any atom is -0.343 e. The molecule has 0 aromatic heterocycles. The third kappa shape index (κ3) is 2.57. The van der Waals surface area contributed by atoms with Crippen LogP contribution in [0.15, 0.2) is 0 Å². The fraction of sp³-hybridized carbons (Fsp3) is 0.700. The number of likely N-dealkylation sites (tertiary alicyclic amines) is 1. The van der Waals surface area contributed by atoms with Gasteiger partial charge < -0.3 is 10.6 Å². The van der Waals surface area contributed by atoms with Crippen LogP contribution in [0.3, 0.4) is 0 Å². The van der Waals surface area contributed by atoms with Crippen LogP contribution in [0.2, 0.25) is 0 Å². The molecule has 0 aromatic carbocycles. The molecule has 1 fully saturated rings. The first kappa shape index (κ1) is 12.6. The summed E-state index contributed by atoms with van der Waals surface area (Å²) in [5.74, 6) is -0.821. The van der Waals surface area contributed by atoms with Crippen LogP contribution in [0.1, 0.15) is 20.3 Å². The maximum absolute atomic E-state index is 11.8. The Bertz CT molecular complexity index is 314. The molecule has 0 spiro atoms. The molecule has 1 rings (SSSR count). The summed E-state index contributed by atoms with van der Waals surface area (Å²) in [6.07, 6.45) is 0.0620. The van der Waals surface area contributed by atoms with E-state index in [1.54, 1.807) is 20.9 Å². The molecule has 90 valence electrons. The van der Waals surface area contributed by atoms with Crippen molar-refractivity contribution >= 4 is 17.7 Å². The van der Waals surface area contributed by atoms with Crippen molar-refractivity contribution in [2.75, 3.05) is 13.6 Å². The van der Waals surface area contributed by atoms with Gasteiger partial charge in [0.2, 0.25) is 11.8 Å². The number of carbonyl (C=O) groups excluding carboxylic acids is 3. The van der Waals surface area contributed by atoms with E-state index in [9.17, 15) is 14.4 Å². The Labute approximate surface area is 94.4 Å². The standard InChI is InChI=1S/C10H17N3O3/c1-6(2)13-9(15)4-7(10(13)16)12-8(14)5-11-3/h6-7,11H,4-5H2,1-3H3,(H,12,14). The van der Waals surface area contributed by atoms with Crippen LogP contribution >= 0.6 is 0 Å². The van der Waals surface area contributed by atoms with E-state index in [0.717, 1.165) is 0 Å². The van der Waals surface area contributed by atoms with Crippen LogP contribution in [0.5, 0.6) is 0 Å². The Morgan fingerprint density at radius 2 is 2.12 bits per heavy atom. The molecule has 16 heavy (non-hydrogen) atoms. The average molecular weight is 227 g/mol. The topological polar surface area (TPSA) is 78.5 Å². The predicted octanol–water partition coefficient (Wildman–Crippen LogP) is -1.14. The zero-order valence-electron chi connectivity index (χ0n) is 9.74. The van der Waals surface area contributed by atoms with Crippen LogP contribution in [0.25, 0.3) is 0 Å². The van der Waals surface area contributed by atoms with Gasteiger partial charge in [0.05, 0.1) is 13.0 Å². The molecular weight excluding hydrogens is 210 g/mol. The molecule has 3 amide bonds. The Morgan fingerprint density at radius 3 is 2.56 bits per heavy atom. The summed E-state index contributed by atoms with van der Waals surface area (Å²) in [7, 11) is 1.64. The summed E-state index contributed by atoms with van der Waals surface area (Å²) >= 11 is 0. The fourth-order valence-electron chi connectivity index (χ4n) is 1.71. The molecule has 0 bridgehead atoms. The second-order valence-electron chi connectivity index (χ2n) is 4.05. The van der Waals surface area contributed by atoms with Crippen LogP contribution in [0, 0.1) is 0 Å². The molecule has 0 aliphatic carbocycles. The van der Waals surface area contributed by atoms with E-state index in [1.807, 2.05) is 0 Å². The fourth-order valence-corrected chi connectivity index (χ4v) is 1.71. The largest absolute Gasteiger partial charge is 0.343 e. The number of imide groups is 1. The van der Waals surface area contributed by atoms with Gasteiger partial charge in [-0.3, -0.25) is 19.3 Å². The van der Waals surface area contributed by atoms with Gasteiger partial charge in [0, 0.05) is 6.04 Å². The lowest BCUT2D eigenvalue weighted by Crippen LogP contribution is -2.45. The van der Waals surface area contributed by atoms with E-state index in [0.29, 0.717) is 0 Å². The van der Waals surface area contributed by atoms with Gasteiger partial charge in [0.25, 0.3) is 5.91 Å². The summed E-state index contributed by atoms with van der Waals surface area (Å²) < 4.78 is 0. The first-order valence-electron chi connectivity index (χ1n) is 5.27. The second-order valence-corrected chi connectivity index (χ2v) is 4.05. The lowest BCUT2D eigenvalue weighted by Gasteiger charge is -2.19. The highest BCUT2D eigenvalue weighted by atomic mass is 16.2. The van der Waals surface area contributed by atoms with Crippen LogP contribution in [-0.2, 0) is 14.4 Å². The van der Waals surface area contributed by atoms with Gasteiger partial charge in [0.1, 0.15) is 6.04 Å². The van der Waals surface area contributed by atoms with Crippen molar-refractivity contribution in [1.82, 2.24) is 15.5 Å². The summed E-state index contributed by atoms with van der Waals surface area (Å²) in [5.41, 5.74) is 0. The number of hydrogen-bond acceptors (Lipinski definition) is 4. The molecule has 0 radical (unpaired) electrons. The first-order chi connectivity index (χ1) is 7.47. The third-order valence-electron chi connectivity index (χ3n) is 2.37. The Balaban J connectivity index is 2.62. The summed E-state index contributed by atoms with van der Waals surface area (Å²) in [6.45, 7) is 3.68. The maximum atomic E-state index is 11.8. The van der Waals surface area contributed by atoms with E-state index >= 15 is 0 Å². The number of rotatable bonds is 4. The van der Waals surface area contributed by atoms with Gasteiger partial charge in [-0.15, -0.1) is 0 Å². The monoisotopic (exact) mass is 227 g/mol. The first-order valence-corrected chi connectivity index (χ1v) is 5.27. The zero-order chi connectivity index (χ0) is 12.3. The predicted molar refractivity (Wildman–Crippen MR) is 57.5 cm³/mol. The zero-order valence-corrected chi connectivity index (χ0v) is 9.74. The van der Waals surface area contributed by atoms with Crippen molar-refractivity contribution in [3.8, 4) is 0 Å². The molecule has 0 saturated carbocycles. The van der Waals surface area contributed by atoms with Crippen LogP contribution in [-0.4, -0.2) is 48.3 Å². The SMILES string of the molecule is CNCC(=O)NC1CC(=O)N(C(C)C)C1=O. The van der Waals surface area contributed by atoms with Crippen LogP contribution in [0.4, 0.5) is 0 Å². The number of likely N-dealkylation sites (N-methyl/N-ethyl adjacent to an activating group) is 1. The molecule has 1 atom stereocenters. The highest BCUT2D eigenvalue weighted by molar-refractivity contribution is 6.07. The number of nitrogens with zero attached hydrogens (tertiary/aromatic N) is 1. The molecule has 1 aliphatic heterocycles. The van der Waals surface area contributed by atoms with Gasteiger partial charge in [-0.1, -0.05) is 0 Å². The number of carbonyl (C=O) groups is 3. The minimum atomic E-state index is -0.698.